The maximum atomic E-state index is 12.4. The molecule has 3 heterocycles. The van der Waals surface area contributed by atoms with Gasteiger partial charge in [0.1, 0.15) is 11.5 Å². The number of aromatic nitrogens is 4. The number of nitrogens with one attached hydrogen (secondary N) is 1. The van der Waals surface area contributed by atoms with Gasteiger partial charge in [0.2, 0.25) is 5.91 Å². The van der Waals surface area contributed by atoms with Gasteiger partial charge in [-0.2, -0.15) is 0 Å². The molecule has 0 atom stereocenters. The lowest BCUT2D eigenvalue weighted by Gasteiger charge is -2.09. The number of methoxy groups -OCH3 is 1. The number of carbonyl (C=O) groups is 1. The van der Waals surface area contributed by atoms with E-state index in [0.717, 1.165) is 17.1 Å². The van der Waals surface area contributed by atoms with Crippen LogP contribution in [0.5, 0.6) is 5.75 Å². The summed E-state index contributed by atoms with van der Waals surface area (Å²) >= 11 is 1.31. The summed E-state index contributed by atoms with van der Waals surface area (Å²) in [6.45, 7) is 0.451. The average molecular weight is 421 g/mol. The van der Waals surface area contributed by atoms with E-state index in [4.69, 9.17) is 9.15 Å². The van der Waals surface area contributed by atoms with E-state index in [9.17, 15) is 4.79 Å². The fourth-order valence-electron chi connectivity index (χ4n) is 2.81. The van der Waals surface area contributed by atoms with E-state index in [1.165, 1.54) is 11.8 Å². The van der Waals surface area contributed by atoms with Gasteiger partial charge in [-0.05, 0) is 48.5 Å². The van der Waals surface area contributed by atoms with Gasteiger partial charge in [0.15, 0.2) is 11.0 Å². The molecule has 8 nitrogen and oxygen atoms in total. The summed E-state index contributed by atoms with van der Waals surface area (Å²) in [7, 11) is 1.60. The van der Waals surface area contributed by atoms with Gasteiger partial charge in [-0.15, -0.1) is 10.2 Å². The van der Waals surface area contributed by atoms with Crippen LogP contribution in [0.4, 0.5) is 5.69 Å². The SMILES string of the molecule is COc1ccc(NC(=O)CSc2nnc(-c3cccnc3)n2Cc2ccco2)cc1. The van der Waals surface area contributed by atoms with Crippen LogP contribution in [0.15, 0.2) is 76.8 Å². The lowest BCUT2D eigenvalue weighted by Crippen LogP contribution is -2.14. The Hall–Kier alpha value is -3.59. The number of thioether (sulfide) groups is 1. The van der Waals surface area contributed by atoms with Crippen LogP contribution in [-0.4, -0.2) is 38.5 Å². The second-order valence-electron chi connectivity index (χ2n) is 6.28. The molecule has 0 spiro atoms. The highest BCUT2D eigenvalue weighted by atomic mass is 32.2. The second kappa shape index (κ2) is 9.27. The lowest BCUT2D eigenvalue weighted by molar-refractivity contribution is -0.113. The molecule has 0 aliphatic rings. The number of pyridine rings is 1. The Morgan fingerprint density at radius 3 is 2.73 bits per heavy atom. The normalized spacial score (nSPS) is 10.7. The summed E-state index contributed by atoms with van der Waals surface area (Å²) in [5.74, 6) is 2.22. The minimum absolute atomic E-state index is 0.138. The van der Waals surface area contributed by atoms with E-state index >= 15 is 0 Å². The molecule has 0 bridgehead atoms. The van der Waals surface area contributed by atoms with Crippen molar-refractivity contribution in [1.29, 1.82) is 0 Å². The van der Waals surface area contributed by atoms with E-state index < -0.39 is 0 Å². The van der Waals surface area contributed by atoms with Crippen LogP contribution in [0.1, 0.15) is 5.76 Å². The monoisotopic (exact) mass is 421 g/mol. The molecule has 0 aliphatic carbocycles. The molecule has 152 valence electrons. The lowest BCUT2D eigenvalue weighted by atomic mass is 10.2. The van der Waals surface area contributed by atoms with Crippen molar-refractivity contribution < 1.29 is 13.9 Å². The van der Waals surface area contributed by atoms with Gasteiger partial charge in [0, 0.05) is 23.6 Å². The smallest absolute Gasteiger partial charge is 0.234 e. The first-order valence-corrected chi connectivity index (χ1v) is 10.1. The van der Waals surface area contributed by atoms with Gasteiger partial charge in [-0.1, -0.05) is 11.8 Å². The van der Waals surface area contributed by atoms with E-state index in [1.54, 1.807) is 50.0 Å². The highest BCUT2D eigenvalue weighted by Crippen LogP contribution is 2.25. The van der Waals surface area contributed by atoms with E-state index in [1.807, 2.05) is 28.8 Å². The largest absolute Gasteiger partial charge is 0.497 e. The number of furan rings is 1. The molecule has 0 aliphatic heterocycles. The first-order chi connectivity index (χ1) is 14.7. The molecular formula is C21H19N5O3S. The molecule has 1 amide bonds. The highest BCUT2D eigenvalue weighted by Gasteiger charge is 2.17. The quantitative estimate of drug-likeness (QED) is 0.433. The van der Waals surface area contributed by atoms with Crippen molar-refractivity contribution in [1.82, 2.24) is 19.7 Å². The molecule has 0 saturated heterocycles. The fraction of sp³-hybridized carbons (Fsp3) is 0.143. The molecule has 4 aromatic rings. The van der Waals surface area contributed by atoms with Crippen molar-refractivity contribution in [2.45, 2.75) is 11.7 Å². The van der Waals surface area contributed by atoms with Crippen LogP contribution in [0.2, 0.25) is 0 Å². The molecule has 0 radical (unpaired) electrons. The Labute approximate surface area is 177 Å². The summed E-state index contributed by atoms with van der Waals surface area (Å²) in [5.41, 5.74) is 1.54. The minimum atomic E-state index is -0.138. The molecule has 9 heteroatoms. The van der Waals surface area contributed by atoms with Crippen molar-refractivity contribution in [3.63, 3.8) is 0 Å². The summed E-state index contributed by atoms with van der Waals surface area (Å²) in [4.78, 5) is 16.6. The molecule has 0 fully saturated rings. The molecule has 0 unspecified atom stereocenters. The summed E-state index contributed by atoms with van der Waals surface area (Å²) in [5, 5.41) is 12.1. The van der Waals surface area contributed by atoms with E-state index in [2.05, 4.69) is 20.5 Å². The van der Waals surface area contributed by atoms with Crippen molar-refractivity contribution in [3.05, 3.63) is 72.9 Å². The Morgan fingerprint density at radius 2 is 2.03 bits per heavy atom. The van der Waals surface area contributed by atoms with Gasteiger partial charge in [-0.3, -0.25) is 14.3 Å². The predicted molar refractivity (Wildman–Crippen MR) is 113 cm³/mol. The van der Waals surface area contributed by atoms with Gasteiger partial charge in [0.05, 0.1) is 25.7 Å². The van der Waals surface area contributed by atoms with Crippen LogP contribution < -0.4 is 10.1 Å². The van der Waals surface area contributed by atoms with Crippen LogP contribution in [0, 0.1) is 0 Å². The average Bonchev–Trinajstić information content (AvgIpc) is 3.44. The molecule has 1 aromatic carbocycles. The van der Waals surface area contributed by atoms with E-state index in [-0.39, 0.29) is 11.7 Å². The summed E-state index contributed by atoms with van der Waals surface area (Å²) < 4.78 is 12.5. The summed E-state index contributed by atoms with van der Waals surface area (Å²) in [6.07, 6.45) is 5.06. The zero-order chi connectivity index (χ0) is 20.8. The third kappa shape index (κ3) is 4.69. The Balaban J connectivity index is 1.48. The van der Waals surface area contributed by atoms with Gasteiger partial charge >= 0.3 is 0 Å². The molecule has 4 rings (SSSR count). The number of rotatable bonds is 8. The Morgan fingerprint density at radius 1 is 1.17 bits per heavy atom. The zero-order valence-corrected chi connectivity index (χ0v) is 17.0. The maximum Gasteiger partial charge on any atom is 0.234 e. The third-order valence-corrected chi connectivity index (χ3v) is 5.20. The number of nitrogens with zero attached hydrogens (tertiary/aromatic N) is 4. The van der Waals surface area contributed by atoms with Crippen LogP contribution in [0.25, 0.3) is 11.4 Å². The number of benzene rings is 1. The molecular weight excluding hydrogens is 402 g/mol. The molecule has 0 saturated carbocycles. The minimum Gasteiger partial charge on any atom is -0.497 e. The van der Waals surface area contributed by atoms with Gasteiger partial charge in [-0.25, -0.2) is 0 Å². The number of anilines is 1. The van der Waals surface area contributed by atoms with Crippen molar-refractivity contribution >= 4 is 23.4 Å². The number of hydrogen-bond donors (Lipinski definition) is 1. The number of carbonyl (C=O) groups excluding carboxylic acids is 1. The zero-order valence-electron chi connectivity index (χ0n) is 16.2. The highest BCUT2D eigenvalue weighted by molar-refractivity contribution is 7.99. The van der Waals surface area contributed by atoms with Gasteiger partial charge < -0.3 is 14.5 Å². The summed E-state index contributed by atoms with van der Waals surface area (Å²) in [6, 6.07) is 14.7. The molecule has 3 aromatic heterocycles. The van der Waals surface area contributed by atoms with Crippen LogP contribution >= 0.6 is 11.8 Å². The predicted octanol–water partition coefficient (Wildman–Crippen LogP) is 3.72. The van der Waals surface area contributed by atoms with Crippen LogP contribution in [-0.2, 0) is 11.3 Å². The third-order valence-electron chi connectivity index (χ3n) is 4.24. The van der Waals surface area contributed by atoms with Crippen molar-refractivity contribution in [3.8, 4) is 17.1 Å². The molecule has 30 heavy (non-hydrogen) atoms. The maximum absolute atomic E-state index is 12.4. The van der Waals surface area contributed by atoms with E-state index in [0.29, 0.717) is 23.2 Å². The Bertz CT molecular complexity index is 1100. The van der Waals surface area contributed by atoms with Crippen molar-refractivity contribution in [2.75, 3.05) is 18.2 Å². The van der Waals surface area contributed by atoms with Crippen LogP contribution in [0.3, 0.4) is 0 Å². The number of hydrogen-bond acceptors (Lipinski definition) is 7. The second-order valence-corrected chi connectivity index (χ2v) is 7.22. The first-order valence-electron chi connectivity index (χ1n) is 9.15. The number of amides is 1. The fourth-order valence-corrected chi connectivity index (χ4v) is 3.54. The van der Waals surface area contributed by atoms with Crippen molar-refractivity contribution in [2.24, 2.45) is 0 Å². The first kappa shape index (κ1) is 19.7. The molecule has 1 N–H and O–H groups in total. The topological polar surface area (TPSA) is 95.1 Å². The number of ether oxygens (including phenoxy) is 1. The Kier molecular flexibility index (Phi) is 6.09. The standard InChI is InChI=1S/C21H19N5O3S/c1-28-17-8-6-16(7-9-17)23-19(27)14-30-21-25-24-20(15-4-2-10-22-12-15)26(21)13-18-5-3-11-29-18/h2-12H,13-14H2,1H3,(H,23,27). The van der Waals surface area contributed by atoms with Gasteiger partial charge in [0.25, 0.3) is 0 Å².